The molecule has 2 rings (SSSR count). The Morgan fingerprint density at radius 2 is 2.00 bits per heavy atom. The van der Waals surface area contributed by atoms with Gasteiger partial charge in [0.2, 0.25) is 0 Å². The standard InChI is InChI=1S/C7H12F2N2.2ClH/c8-7(9)3-6-4-10-1-2-11(6)5-7;;/h6,10H,1-5H2;2*1H. The van der Waals surface area contributed by atoms with Gasteiger partial charge in [0.05, 0.1) is 6.54 Å². The molecule has 1 unspecified atom stereocenters. The molecule has 0 aliphatic carbocycles. The molecule has 2 nitrogen and oxygen atoms in total. The maximum atomic E-state index is 12.8. The number of hydrogen-bond acceptors (Lipinski definition) is 2. The monoisotopic (exact) mass is 234 g/mol. The van der Waals surface area contributed by atoms with E-state index < -0.39 is 5.92 Å². The summed E-state index contributed by atoms with van der Waals surface area (Å²) in [6, 6.07) is 0.0822. The van der Waals surface area contributed by atoms with Crippen LogP contribution in [-0.4, -0.2) is 43.0 Å². The van der Waals surface area contributed by atoms with Gasteiger partial charge >= 0.3 is 0 Å². The summed E-state index contributed by atoms with van der Waals surface area (Å²) < 4.78 is 25.6. The van der Waals surface area contributed by atoms with E-state index in [1.165, 1.54) is 0 Å². The van der Waals surface area contributed by atoms with Gasteiger partial charge in [0, 0.05) is 32.1 Å². The number of hydrogen-bond donors (Lipinski definition) is 1. The van der Waals surface area contributed by atoms with Crippen LogP contribution in [-0.2, 0) is 0 Å². The largest absolute Gasteiger partial charge is 0.314 e. The van der Waals surface area contributed by atoms with Crippen molar-refractivity contribution < 1.29 is 8.78 Å². The van der Waals surface area contributed by atoms with E-state index in [4.69, 9.17) is 0 Å². The highest BCUT2D eigenvalue weighted by molar-refractivity contribution is 5.85. The van der Waals surface area contributed by atoms with E-state index in [9.17, 15) is 8.78 Å². The molecule has 6 heteroatoms. The first kappa shape index (κ1) is 13.4. The second-order valence-corrected chi connectivity index (χ2v) is 3.39. The van der Waals surface area contributed by atoms with Crippen LogP contribution in [0.5, 0.6) is 0 Å². The summed E-state index contributed by atoms with van der Waals surface area (Å²) in [7, 11) is 0. The zero-order chi connectivity index (χ0) is 7.90. The SMILES string of the molecule is Cl.Cl.FC1(F)CC2CNCCN2C1. The molecule has 0 amide bonds. The Balaban J connectivity index is 0.000000720. The fourth-order valence-electron chi connectivity index (χ4n) is 1.92. The van der Waals surface area contributed by atoms with E-state index in [1.54, 1.807) is 0 Å². The summed E-state index contributed by atoms with van der Waals surface area (Å²) in [6.07, 6.45) is 0.0417. The van der Waals surface area contributed by atoms with Gasteiger partial charge in [-0.25, -0.2) is 8.78 Å². The summed E-state index contributed by atoms with van der Waals surface area (Å²) in [5, 5.41) is 3.12. The van der Waals surface area contributed by atoms with Crippen molar-refractivity contribution in [1.29, 1.82) is 0 Å². The fraction of sp³-hybridized carbons (Fsp3) is 1.00. The highest BCUT2D eigenvalue weighted by Gasteiger charge is 2.45. The molecule has 0 spiro atoms. The first-order chi connectivity index (χ1) is 5.17. The minimum absolute atomic E-state index is 0. The molecule has 0 bridgehead atoms. The van der Waals surface area contributed by atoms with Crippen LogP contribution in [0.3, 0.4) is 0 Å². The van der Waals surface area contributed by atoms with Crippen molar-refractivity contribution in [1.82, 2.24) is 10.2 Å². The predicted molar refractivity (Wildman–Crippen MR) is 52.3 cm³/mol. The minimum Gasteiger partial charge on any atom is -0.314 e. The van der Waals surface area contributed by atoms with Gasteiger partial charge in [-0.15, -0.1) is 24.8 Å². The molecule has 1 atom stereocenters. The first-order valence-electron chi connectivity index (χ1n) is 4.00. The summed E-state index contributed by atoms with van der Waals surface area (Å²) in [5.41, 5.74) is 0. The molecule has 0 aromatic rings. The van der Waals surface area contributed by atoms with Crippen LogP contribution in [0.2, 0.25) is 0 Å². The Morgan fingerprint density at radius 3 is 2.62 bits per heavy atom. The smallest absolute Gasteiger partial charge is 0.262 e. The molecule has 0 saturated carbocycles. The Hall–Kier alpha value is 0.360. The van der Waals surface area contributed by atoms with Crippen molar-refractivity contribution in [2.24, 2.45) is 0 Å². The molecule has 0 radical (unpaired) electrons. The Morgan fingerprint density at radius 1 is 1.31 bits per heavy atom. The van der Waals surface area contributed by atoms with Crippen molar-refractivity contribution in [3.63, 3.8) is 0 Å². The van der Waals surface area contributed by atoms with Gasteiger partial charge in [-0.1, -0.05) is 0 Å². The predicted octanol–water partition coefficient (Wildman–Crippen LogP) is 1.14. The van der Waals surface area contributed by atoms with Gasteiger partial charge in [-0.3, -0.25) is 4.90 Å². The molecule has 0 aromatic carbocycles. The Bertz CT molecular complexity index is 153. The molecule has 2 fully saturated rings. The van der Waals surface area contributed by atoms with Crippen LogP contribution in [0, 0.1) is 0 Å². The van der Waals surface area contributed by atoms with E-state index in [2.05, 4.69) is 5.32 Å². The second-order valence-electron chi connectivity index (χ2n) is 3.39. The molecule has 2 aliphatic heterocycles. The molecule has 1 N–H and O–H groups in total. The van der Waals surface area contributed by atoms with Crippen LogP contribution in [0.25, 0.3) is 0 Å². The van der Waals surface area contributed by atoms with Crippen molar-refractivity contribution in [2.75, 3.05) is 26.2 Å². The Kier molecular flexibility index (Phi) is 4.86. The molecule has 80 valence electrons. The van der Waals surface area contributed by atoms with Gasteiger partial charge in [0.15, 0.2) is 0 Å². The van der Waals surface area contributed by atoms with Crippen LogP contribution in [0.1, 0.15) is 6.42 Å². The average molecular weight is 235 g/mol. The number of halogens is 4. The molecule has 13 heavy (non-hydrogen) atoms. The molecular weight excluding hydrogens is 221 g/mol. The maximum absolute atomic E-state index is 12.8. The highest BCUT2D eigenvalue weighted by Crippen LogP contribution is 2.32. The van der Waals surface area contributed by atoms with Gasteiger partial charge in [-0.05, 0) is 0 Å². The van der Waals surface area contributed by atoms with Gasteiger partial charge in [0.1, 0.15) is 0 Å². The van der Waals surface area contributed by atoms with E-state index in [0.717, 1.165) is 19.6 Å². The third kappa shape index (κ3) is 2.91. The fourth-order valence-corrected chi connectivity index (χ4v) is 1.92. The summed E-state index contributed by atoms with van der Waals surface area (Å²) in [6.45, 7) is 2.34. The minimum atomic E-state index is -2.43. The number of nitrogens with one attached hydrogen (secondary N) is 1. The first-order valence-corrected chi connectivity index (χ1v) is 4.00. The van der Waals surface area contributed by atoms with E-state index in [-0.39, 0.29) is 43.8 Å². The van der Waals surface area contributed by atoms with E-state index in [1.807, 2.05) is 4.90 Å². The molecule has 2 saturated heterocycles. The molecule has 2 aliphatic rings. The van der Waals surface area contributed by atoms with Crippen LogP contribution < -0.4 is 5.32 Å². The van der Waals surface area contributed by atoms with Crippen molar-refractivity contribution in [2.45, 2.75) is 18.4 Å². The zero-order valence-electron chi connectivity index (χ0n) is 7.13. The van der Waals surface area contributed by atoms with Gasteiger partial charge in [0.25, 0.3) is 5.92 Å². The van der Waals surface area contributed by atoms with E-state index in [0.29, 0.717) is 0 Å². The molecule has 0 aromatic heterocycles. The third-order valence-corrected chi connectivity index (χ3v) is 2.44. The lowest BCUT2D eigenvalue weighted by Gasteiger charge is -2.28. The summed E-state index contributed by atoms with van der Waals surface area (Å²) in [5.74, 6) is -2.43. The van der Waals surface area contributed by atoms with Gasteiger partial charge in [-0.2, -0.15) is 0 Å². The average Bonchev–Trinajstić information content (AvgIpc) is 2.21. The highest BCUT2D eigenvalue weighted by atomic mass is 35.5. The van der Waals surface area contributed by atoms with Crippen LogP contribution in [0.4, 0.5) is 8.78 Å². The quantitative estimate of drug-likeness (QED) is 0.677. The number of piperazine rings is 1. The topological polar surface area (TPSA) is 15.3 Å². The number of fused-ring (bicyclic) bond motifs is 1. The third-order valence-electron chi connectivity index (χ3n) is 2.44. The van der Waals surface area contributed by atoms with E-state index >= 15 is 0 Å². The molecule has 2 heterocycles. The van der Waals surface area contributed by atoms with Gasteiger partial charge < -0.3 is 5.32 Å². The lowest BCUT2D eigenvalue weighted by atomic mass is 10.1. The molecular formula is C7H14Cl2F2N2. The number of rotatable bonds is 0. The maximum Gasteiger partial charge on any atom is 0.262 e. The summed E-state index contributed by atoms with van der Waals surface area (Å²) in [4.78, 5) is 1.89. The zero-order valence-corrected chi connectivity index (χ0v) is 8.77. The number of nitrogens with zero attached hydrogens (tertiary/aromatic N) is 1. The number of alkyl halides is 2. The van der Waals surface area contributed by atoms with Crippen LogP contribution >= 0.6 is 24.8 Å². The normalized spacial score (nSPS) is 31.4. The second kappa shape index (κ2) is 4.73. The van der Waals surface area contributed by atoms with Crippen molar-refractivity contribution >= 4 is 24.8 Å². The lowest BCUT2D eigenvalue weighted by Crippen LogP contribution is -2.47. The van der Waals surface area contributed by atoms with Crippen molar-refractivity contribution in [3.05, 3.63) is 0 Å². The van der Waals surface area contributed by atoms with Crippen LogP contribution in [0.15, 0.2) is 0 Å². The lowest BCUT2D eigenvalue weighted by molar-refractivity contribution is 0.0125. The Labute approximate surface area is 88.9 Å². The van der Waals surface area contributed by atoms with Crippen molar-refractivity contribution in [3.8, 4) is 0 Å². The summed E-state index contributed by atoms with van der Waals surface area (Å²) >= 11 is 0.